The molecule has 0 radical (unpaired) electrons. The van der Waals surface area contributed by atoms with E-state index in [0.717, 1.165) is 13.0 Å². The van der Waals surface area contributed by atoms with Crippen LogP contribution in [0.4, 0.5) is 0 Å². The summed E-state index contributed by atoms with van der Waals surface area (Å²) in [6.45, 7) is 6.14. The lowest BCUT2D eigenvalue weighted by Crippen LogP contribution is -2.49. The molecule has 1 rings (SSSR count). The molecule has 16 heavy (non-hydrogen) atoms. The number of rotatable bonds is 6. The molecule has 0 amide bonds. The number of hydrogen-bond donors (Lipinski definition) is 1. The summed E-state index contributed by atoms with van der Waals surface area (Å²) in [4.78, 5) is 2.37. The van der Waals surface area contributed by atoms with Crippen LogP contribution in [0.3, 0.4) is 0 Å². The van der Waals surface area contributed by atoms with E-state index in [9.17, 15) is 0 Å². The molecule has 1 atom stereocenters. The zero-order valence-electron chi connectivity index (χ0n) is 10.7. The Morgan fingerprint density at radius 2 is 1.88 bits per heavy atom. The lowest BCUT2D eigenvalue weighted by molar-refractivity contribution is 0.125. The lowest BCUT2D eigenvalue weighted by Gasteiger charge is -2.38. The highest BCUT2D eigenvalue weighted by Crippen LogP contribution is 2.20. The van der Waals surface area contributed by atoms with E-state index in [1.807, 2.05) is 0 Å². The summed E-state index contributed by atoms with van der Waals surface area (Å²) >= 11 is 0. The molecule has 1 aromatic rings. The first-order chi connectivity index (χ1) is 7.62. The van der Waals surface area contributed by atoms with Crippen molar-refractivity contribution < 1.29 is 0 Å². The minimum Gasteiger partial charge on any atom is -0.329 e. The number of hydrogen-bond acceptors (Lipinski definition) is 2. The topological polar surface area (TPSA) is 29.3 Å². The Balaban J connectivity index is 2.66. The average Bonchev–Trinajstić information content (AvgIpc) is 2.30. The maximum absolute atomic E-state index is 5.91. The molecule has 0 saturated carbocycles. The minimum absolute atomic E-state index is 0.116. The Labute approximate surface area is 99.5 Å². The van der Waals surface area contributed by atoms with Crippen molar-refractivity contribution in [1.82, 2.24) is 4.90 Å². The van der Waals surface area contributed by atoms with Crippen molar-refractivity contribution in [3.63, 3.8) is 0 Å². The highest BCUT2D eigenvalue weighted by molar-refractivity contribution is 5.14. The van der Waals surface area contributed by atoms with Gasteiger partial charge in [0.05, 0.1) is 0 Å². The van der Waals surface area contributed by atoms with Gasteiger partial charge in [-0.2, -0.15) is 0 Å². The molecule has 0 aliphatic carbocycles. The molecule has 1 unspecified atom stereocenters. The van der Waals surface area contributed by atoms with E-state index in [1.54, 1.807) is 0 Å². The van der Waals surface area contributed by atoms with Crippen molar-refractivity contribution in [2.45, 2.75) is 38.8 Å². The molecule has 2 N–H and O–H groups in total. The zero-order chi connectivity index (χ0) is 12.0. The van der Waals surface area contributed by atoms with Gasteiger partial charge in [0.25, 0.3) is 0 Å². The van der Waals surface area contributed by atoms with Crippen LogP contribution >= 0.6 is 0 Å². The van der Waals surface area contributed by atoms with Gasteiger partial charge in [-0.15, -0.1) is 0 Å². The van der Waals surface area contributed by atoms with Crippen molar-refractivity contribution >= 4 is 0 Å². The van der Waals surface area contributed by atoms with Crippen molar-refractivity contribution in [2.24, 2.45) is 5.73 Å². The Hall–Kier alpha value is -0.860. The molecule has 0 bridgehead atoms. The van der Waals surface area contributed by atoms with E-state index in [1.165, 1.54) is 12.0 Å². The second kappa shape index (κ2) is 6.02. The summed E-state index contributed by atoms with van der Waals surface area (Å²) in [6, 6.07) is 10.6. The standard InChI is InChI=1S/C14H24N2/c1-4-10-14(2,12-15)16(3)11-13-8-6-5-7-9-13/h5-9H,4,10-12,15H2,1-3H3. The maximum Gasteiger partial charge on any atom is 0.0304 e. The number of nitrogens with zero attached hydrogens (tertiary/aromatic N) is 1. The fraction of sp³-hybridized carbons (Fsp3) is 0.571. The normalized spacial score (nSPS) is 15.1. The summed E-state index contributed by atoms with van der Waals surface area (Å²) in [6.07, 6.45) is 2.32. The number of likely N-dealkylation sites (N-methyl/N-ethyl adjacent to an activating group) is 1. The molecule has 0 heterocycles. The van der Waals surface area contributed by atoms with E-state index in [4.69, 9.17) is 5.73 Å². The predicted molar refractivity (Wildman–Crippen MR) is 70.3 cm³/mol. The van der Waals surface area contributed by atoms with Gasteiger partial charge in [-0.05, 0) is 26.0 Å². The van der Waals surface area contributed by atoms with E-state index >= 15 is 0 Å². The SMILES string of the molecule is CCCC(C)(CN)N(C)Cc1ccccc1. The Morgan fingerprint density at radius 3 is 2.38 bits per heavy atom. The second-order valence-electron chi connectivity index (χ2n) is 4.79. The molecule has 0 spiro atoms. The fourth-order valence-electron chi connectivity index (χ4n) is 2.04. The fourth-order valence-corrected chi connectivity index (χ4v) is 2.04. The van der Waals surface area contributed by atoms with Crippen LogP contribution in [0.15, 0.2) is 30.3 Å². The molecular weight excluding hydrogens is 196 g/mol. The monoisotopic (exact) mass is 220 g/mol. The average molecular weight is 220 g/mol. The van der Waals surface area contributed by atoms with Gasteiger partial charge in [-0.25, -0.2) is 0 Å². The van der Waals surface area contributed by atoms with Crippen molar-refractivity contribution in [3.8, 4) is 0 Å². The first kappa shape index (κ1) is 13.2. The largest absolute Gasteiger partial charge is 0.329 e. The minimum atomic E-state index is 0.116. The van der Waals surface area contributed by atoms with Crippen LogP contribution in [0.25, 0.3) is 0 Å². The quantitative estimate of drug-likeness (QED) is 0.798. The van der Waals surface area contributed by atoms with Crippen molar-refractivity contribution in [2.75, 3.05) is 13.6 Å². The highest BCUT2D eigenvalue weighted by Gasteiger charge is 2.26. The molecule has 2 heteroatoms. The highest BCUT2D eigenvalue weighted by atomic mass is 15.2. The molecule has 0 fully saturated rings. The van der Waals surface area contributed by atoms with E-state index in [2.05, 4.69) is 56.1 Å². The lowest BCUT2D eigenvalue weighted by atomic mass is 9.94. The van der Waals surface area contributed by atoms with Crippen LogP contribution in [0.1, 0.15) is 32.3 Å². The van der Waals surface area contributed by atoms with Gasteiger partial charge in [-0.3, -0.25) is 4.90 Å². The van der Waals surface area contributed by atoms with Crippen LogP contribution in [-0.4, -0.2) is 24.0 Å². The zero-order valence-corrected chi connectivity index (χ0v) is 10.7. The second-order valence-corrected chi connectivity index (χ2v) is 4.79. The Morgan fingerprint density at radius 1 is 1.25 bits per heavy atom. The van der Waals surface area contributed by atoms with Crippen molar-refractivity contribution in [3.05, 3.63) is 35.9 Å². The van der Waals surface area contributed by atoms with Crippen molar-refractivity contribution in [1.29, 1.82) is 0 Å². The summed E-state index contributed by atoms with van der Waals surface area (Å²) in [5, 5.41) is 0. The molecule has 0 saturated heterocycles. The van der Waals surface area contributed by atoms with Gasteiger partial charge >= 0.3 is 0 Å². The van der Waals surface area contributed by atoms with Gasteiger partial charge in [-0.1, -0.05) is 43.7 Å². The molecule has 0 aliphatic heterocycles. The van der Waals surface area contributed by atoms with Gasteiger partial charge in [0.15, 0.2) is 0 Å². The predicted octanol–water partition coefficient (Wildman–Crippen LogP) is 2.64. The molecule has 90 valence electrons. The van der Waals surface area contributed by atoms with Gasteiger partial charge in [0.1, 0.15) is 0 Å². The summed E-state index contributed by atoms with van der Waals surface area (Å²) in [7, 11) is 2.16. The van der Waals surface area contributed by atoms with E-state index in [-0.39, 0.29) is 5.54 Å². The summed E-state index contributed by atoms with van der Waals surface area (Å²) in [5.41, 5.74) is 7.37. The third-order valence-corrected chi connectivity index (χ3v) is 3.41. The van der Waals surface area contributed by atoms with Crippen LogP contribution in [0, 0.1) is 0 Å². The Bertz CT molecular complexity index is 297. The first-order valence-electron chi connectivity index (χ1n) is 6.07. The molecule has 1 aromatic carbocycles. The van der Waals surface area contributed by atoms with Crippen LogP contribution in [0.2, 0.25) is 0 Å². The third-order valence-electron chi connectivity index (χ3n) is 3.41. The molecule has 0 aliphatic rings. The van der Waals surface area contributed by atoms with Crippen LogP contribution in [-0.2, 0) is 6.54 Å². The first-order valence-corrected chi connectivity index (χ1v) is 6.07. The maximum atomic E-state index is 5.91. The summed E-state index contributed by atoms with van der Waals surface area (Å²) < 4.78 is 0. The van der Waals surface area contributed by atoms with Gasteiger partial charge in [0, 0.05) is 18.6 Å². The van der Waals surface area contributed by atoms with Gasteiger partial charge in [0.2, 0.25) is 0 Å². The molecule has 0 aromatic heterocycles. The molecular formula is C14H24N2. The summed E-state index contributed by atoms with van der Waals surface area (Å²) in [5.74, 6) is 0. The van der Waals surface area contributed by atoms with E-state index in [0.29, 0.717) is 6.54 Å². The smallest absolute Gasteiger partial charge is 0.0304 e. The van der Waals surface area contributed by atoms with E-state index < -0.39 is 0 Å². The number of benzene rings is 1. The third kappa shape index (κ3) is 3.32. The number of nitrogens with two attached hydrogens (primary N) is 1. The van der Waals surface area contributed by atoms with Crippen LogP contribution < -0.4 is 5.73 Å². The molecule has 2 nitrogen and oxygen atoms in total. The van der Waals surface area contributed by atoms with Crippen LogP contribution in [0.5, 0.6) is 0 Å². The Kier molecular flexibility index (Phi) is 4.97. The van der Waals surface area contributed by atoms with Gasteiger partial charge < -0.3 is 5.73 Å².